The van der Waals surface area contributed by atoms with Gasteiger partial charge in [0.15, 0.2) is 0 Å². The second kappa shape index (κ2) is 9.36. The van der Waals surface area contributed by atoms with Gasteiger partial charge in [-0.25, -0.2) is 0 Å². The molecule has 6 heteroatoms. The molecule has 1 fully saturated rings. The molecule has 0 bridgehead atoms. The third-order valence-corrected chi connectivity index (χ3v) is 4.83. The average molecular weight is 357 g/mol. The van der Waals surface area contributed by atoms with Gasteiger partial charge in [0.25, 0.3) is 0 Å². The highest BCUT2D eigenvalue weighted by molar-refractivity contribution is 5.76. The van der Waals surface area contributed by atoms with Gasteiger partial charge in [-0.15, -0.1) is 10.2 Å². The molecule has 140 valence electrons. The van der Waals surface area contributed by atoms with Crippen molar-refractivity contribution in [2.24, 2.45) is 0 Å². The lowest BCUT2D eigenvalue weighted by Crippen LogP contribution is -2.36. The Balaban J connectivity index is 1.40. The van der Waals surface area contributed by atoms with Crippen LogP contribution >= 0.6 is 0 Å². The number of aromatic nitrogens is 2. The normalized spacial score (nSPS) is 15.0. The summed E-state index contributed by atoms with van der Waals surface area (Å²) in [4.78, 5) is 12.0. The van der Waals surface area contributed by atoms with Crippen LogP contribution in [0, 0.1) is 0 Å². The van der Waals surface area contributed by atoms with Gasteiger partial charge < -0.3 is 14.5 Å². The van der Waals surface area contributed by atoms with Crippen LogP contribution in [-0.4, -0.2) is 29.3 Å². The van der Waals surface area contributed by atoms with Crippen LogP contribution in [0.5, 0.6) is 5.75 Å². The molecule has 1 N–H and O–H groups in total. The number of carbonyl (C=O) groups excluding carboxylic acids is 1. The quantitative estimate of drug-likeness (QED) is 0.785. The zero-order valence-electron chi connectivity index (χ0n) is 15.4. The summed E-state index contributed by atoms with van der Waals surface area (Å²) in [7, 11) is 1.66. The van der Waals surface area contributed by atoms with Crippen molar-refractivity contribution in [3.8, 4) is 5.75 Å². The van der Waals surface area contributed by atoms with Gasteiger partial charge in [-0.05, 0) is 37.0 Å². The highest BCUT2D eigenvalue weighted by Crippen LogP contribution is 2.17. The fourth-order valence-corrected chi connectivity index (χ4v) is 3.30. The average Bonchev–Trinajstić information content (AvgIpc) is 3.14. The Bertz CT molecular complexity index is 691. The summed E-state index contributed by atoms with van der Waals surface area (Å²) in [6.07, 6.45) is 8.32. The molecule has 26 heavy (non-hydrogen) atoms. The van der Waals surface area contributed by atoms with Gasteiger partial charge in [0.1, 0.15) is 5.75 Å². The van der Waals surface area contributed by atoms with Gasteiger partial charge in [-0.3, -0.25) is 4.79 Å². The molecule has 1 aliphatic carbocycles. The van der Waals surface area contributed by atoms with E-state index in [1.807, 2.05) is 24.3 Å². The highest BCUT2D eigenvalue weighted by atomic mass is 16.5. The first-order valence-corrected chi connectivity index (χ1v) is 9.46. The van der Waals surface area contributed by atoms with Gasteiger partial charge in [0.05, 0.1) is 7.11 Å². The van der Waals surface area contributed by atoms with Crippen LogP contribution in [0.2, 0.25) is 0 Å². The minimum atomic E-state index is 0.0786. The number of ether oxygens (including phenoxy) is 1. The fraction of sp³-hybridized carbons (Fsp3) is 0.550. The molecule has 0 spiro atoms. The van der Waals surface area contributed by atoms with Gasteiger partial charge in [0.2, 0.25) is 17.7 Å². The molecule has 1 amide bonds. The molecule has 0 saturated heterocycles. The minimum Gasteiger partial charge on any atom is -0.497 e. The minimum absolute atomic E-state index is 0.0786. The SMILES string of the molecule is COc1ccc(CCc2nnc(CCC(=O)NC3CCCCC3)o2)cc1. The van der Waals surface area contributed by atoms with E-state index in [0.29, 0.717) is 37.1 Å². The molecule has 0 radical (unpaired) electrons. The molecule has 1 aromatic heterocycles. The van der Waals surface area contributed by atoms with E-state index in [2.05, 4.69) is 15.5 Å². The van der Waals surface area contributed by atoms with Crippen molar-refractivity contribution < 1.29 is 13.9 Å². The molecule has 1 heterocycles. The summed E-state index contributed by atoms with van der Waals surface area (Å²) in [5.41, 5.74) is 1.19. The molecular formula is C20H27N3O3. The number of hydrogen-bond acceptors (Lipinski definition) is 5. The summed E-state index contributed by atoms with van der Waals surface area (Å²) in [5, 5.41) is 11.3. The van der Waals surface area contributed by atoms with Crippen molar-refractivity contribution in [3.05, 3.63) is 41.6 Å². The fourth-order valence-electron chi connectivity index (χ4n) is 3.30. The third-order valence-electron chi connectivity index (χ3n) is 4.83. The van der Waals surface area contributed by atoms with Crippen LogP contribution in [-0.2, 0) is 24.1 Å². The van der Waals surface area contributed by atoms with Gasteiger partial charge in [-0.1, -0.05) is 31.4 Å². The van der Waals surface area contributed by atoms with E-state index in [4.69, 9.17) is 9.15 Å². The number of aryl methyl sites for hydroxylation is 3. The molecular weight excluding hydrogens is 330 g/mol. The summed E-state index contributed by atoms with van der Waals surface area (Å²) in [5.74, 6) is 2.08. The highest BCUT2D eigenvalue weighted by Gasteiger charge is 2.16. The predicted molar refractivity (Wildman–Crippen MR) is 98.0 cm³/mol. The van der Waals surface area contributed by atoms with E-state index in [9.17, 15) is 4.79 Å². The van der Waals surface area contributed by atoms with Gasteiger partial charge in [-0.2, -0.15) is 0 Å². The van der Waals surface area contributed by atoms with E-state index in [1.165, 1.54) is 24.8 Å². The van der Waals surface area contributed by atoms with Crippen molar-refractivity contribution in [2.75, 3.05) is 7.11 Å². The van der Waals surface area contributed by atoms with Crippen molar-refractivity contribution in [3.63, 3.8) is 0 Å². The van der Waals surface area contributed by atoms with Gasteiger partial charge in [0, 0.05) is 25.3 Å². The smallest absolute Gasteiger partial charge is 0.220 e. The Morgan fingerprint density at radius 2 is 1.77 bits per heavy atom. The maximum absolute atomic E-state index is 12.0. The summed E-state index contributed by atoms with van der Waals surface area (Å²) < 4.78 is 10.8. The maximum atomic E-state index is 12.0. The Morgan fingerprint density at radius 1 is 1.08 bits per heavy atom. The Labute approximate surface area is 154 Å². The number of nitrogens with one attached hydrogen (secondary N) is 1. The Kier molecular flexibility index (Phi) is 6.63. The first-order chi connectivity index (χ1) is 12.7. The van der Waals surface area contributed by atoms with E-state index in [-0.39, 0.29) is 5.91 Å². The van der Waals surface area contributed by atoms with Crippen LogP contribution in [0.3, 0.4) is 0 Å². The lowest BCUT2D eigenvalue weighted by Gasteiger charge is -2.22. The topological polar surface area (TPSA) is 77.2 Å². The zero-order chi connectivity index (χ0) is 18.2. The molecule has 0 aliphatic heterocycles. The van der Waals surface area contributed by atoms with E-state index >= 15 is 0 Å². The number of benzene rings is 1. The molecule has 1 saturated carbocycles. The molecule has 6 nitrogen and oxygen atoms in total. The first kappa shape index (κ1) is 18.4. The molecule has 1 aromatic carbocycles. The summed E-state index contributed by atoms with van der Waals surface area (Å²) in [6, 6.07) is 8.30. The second-order valence-electron chi connectivity index (χ2n) is 6.84. The molecule has 3 rings (SSSR count). The lowest BCUT2D eigenvalue weighted by atomic mass is 9.95. The third kappa shape index (κ3) is 5.58. The number of hydrogen-bond donors (Lipinski definition) is 1. The van der Waals surface area contributed by atoms with E-state index < -0.39 is 0 Å². The van der Waals surface area contributed by atoms with Gasteiger partial charge >= 0.3 is 0 Å². The predicted octanol–water partition coefficient (Wildman–Crippen LogP) is 3.24. The molecule has 0 unspecified atom stereocenters. The monoisotopic (exact) mass is 357 g/mol. The number of methoxy groups -OCH3 is 1. The maximum Gasteiger partial charge on any atom is 0.220 e. The Morgan fingerprint density at radius 3 is 2.46 bits per heavy atom. The molecule has 0 atom stereocenters. The number of amides is 1. The van der Waals surface area contributed by atoms with Crippen LogP contribution in [0.4, 0.5) is 0 Å². The van der Waals surface area contributed by atoms with Crippen molar-refractivity contribution >= 4 is 5.91 Å². The molecule has 1 aliphatic rings. The lowest BCUT2D eigenvalue weighted by molar-refractivity contribution is -0.122. The van der Waals surface area contributed by atoms with E-state index in [0.717, 1.165) is 25.0 Å². The largest absolute Gasteiger partial charge is 0.497 e. The number of carbonyl (C=O) groups is 1. The number of nitrogens with zero attached hydrogens (tertiary/aromatic N) is 2. The summed E-state index contributed by atoms with van der Waals surface area (Å²) in [6.45, 7) is 0. The van der Waals surface area contributed by atoms with Crippen LogP contribution in [0.25, 0.3) is 0 Å². The van der Waals surface area contributed by atoms with E-state index in [1.54, 1.807) is 7.11 Å². The Hall–Kier alpha value is -2.37. The summed E-state index contributed by atoms with van der Waals surface area (Å²) >= 11 is 0. The number of rotatable bonds is 8. The standard InChI is InChI=1S/C20H27N3O3/c1-25-17-10-7-15(8-11-17)9-13-19-22-23-20(26-19)14-12-18(24)21-16-5-3-2-4-6-16/h7-8,10-11,16H,2-6,9,12-14H2,1H3,(H,21,24). The van der Waals surface area contributed by atoms with Crippen molar-refractivity contribution in [2.45, 2.75) is 63.8 Å². The first-order valence-electron chi connectivity index (χ1n) is 9.46. The van der Waals surface area contributed by atoms with Crippen molar-refractivity contribution in [1.82, 2.24) is 15.5 Å². The second-order valence-corrected chi connectivity index (χ2v) is 6.84. The zero-order valence-corrected chi connectivity index (χ0v) is 15.4. The van der Waals surface area contributed by atoms with Crippen LogP contribution in [0.15, 0.2) is 28.7 Å². The molecule has 2 aromatic rings. The van der Waals surface area contributed by atoms with Crippen LogP contribution in [0.1, 0.15) is 55.9 Å². The van der Waals surface area contributed by atoms with Crippen molar-refractivity contribution in [1.29, 1.82) is 0 Å². The van der Waals surface area contributed by atoms with Crippen LogP contribution < -0.4 is 10.1 Å².